The lowest BCUT2D eigenvalue weighted by atomic mass is 9.99. The molecule has 1 aliphatic rings. The van der Waals surface area contributed by atoms with Crippen molar-refractivity contribution in [1.29, 1.82) is 0 Å². The number of hydrogen-bond donors (Lipinski definition) is 1. The smallest absolute Gasteiger partial charge is 0.355 e. The normalized spacial score (nSPS) is 19.5. The minimum Gasteiger partial charge on any atom is -0.355 e. The van der Waals surface area contributed by atoms with Gasteiger partial charge in [-0.1, -0.05) is 6.92 Å². The summed E-state index contributed by atoms with van der Waals surface area (Å²) in [6.07, 6.45) is -1.23. The molecular formula is C14H21F3N4. The number of nitrogens with one attached hydrogen (secondary N) is 1. The van der Waals surface area contributed by atoms with Gasteiger partial charge < -0.3 is 10.2 Å². The fraction of sp³-hybridized carbons (Fsp3) is 0.714. The Bertz CT molecular complexity index is 427. The van der Waals surface area contributed by atoms with Gasteiger partial charge in [-0.2, -0.15) is 13.2 Å². The van der Waals surface area contributed by atoms with Crippen molar-refractivity contribution in [1.82, 2.24) is 15.5 Å². The van der Waals surface area contributed by atoms with E-state index in [1.54, 1.807) is 0 Å². The van der Waals surface area contributed by atoms with Crippen molar-refractivity contribution < 1.29 is 13.2 Å². The fourth-order valence-corrected chi connectivity index (χ4v) is 2.61. The minimum absolute atomic E-state index is 0.509. The second-order valence-corrected chi connectivity index (χ2v) is 5.43. The zero-order chi connectivity index (χ0) is 15.3. The van der Waals surface area contributed by atoms with Crippen LogP contribution in [0.1, 0.15) is 31.9 Å². The molecule has 0 aliphatic carbocycles. The van der Waals surface area contributed by atoms with Gasteiger partial charge in [-0.15, -0.1) is 10.2 Å². The van der Waals surface area contributed by atoms with Gasteiger partial charge in [0, 0.05) is 13.1 Å². The third-order valence-electron chi connectivity index (χ3n) is 3.64. The van der Waals surface area contributed by atoms with Crippen molar-refractivity contribution in [2.24, 2.45) is 5.92 Å². The van der Waals surface area contributed by atoms with Gasteiger partial charge in [0.2, 0.25) is 0 Å². The highest BCUT2D eigenvalue weighted by atomic mass is 19.4. The molecule has 0 aromatic carbocycles. The summed E-state index contributed by atoms with van der Waals surface area (Å²) in [6, 6.07) is 2.42. The molecule has 0 spiro atoms. The van der Waals surface area contributed by atoms with Gasteiger partial charge in [-0.05, 0) is 50.4 Å². The summed E-state index contributed by atoms with van der Waals surface area (Å²) >= 11 is 0. The van der Waals surface area contributed by atoms with Gasteiger partial charge in [0.1, 0.15) is 0 Å². The first-order chi connectivity index (χ1) is 10.0. The molecule has 2 rings (SSSR count). The summed E-state index contributed by atoms with van der Waals surface area (Å²) in [5.41, 5.74) is -0.943. The third-order valence-corrected chi connectivity index (χ3v) is 3.64. The third kappa shape index (κ3) is 4.56. The van der Waals surface area contributed by atoms with Crippen LogP contribution in [0.15, 0.2) is 12.1 Å². The van der Waals surface area contributed by atoms with Crippen LogP contribution < -0.4 is 10.2 Å². The van der Waals surface area contributed by atoms with E-state index in [0.717, 1.165) is 51.5 Å². The predicted octanol–water partition coefficient (Wildman–Crippen LogP) is 2.71. The van der Waals surface area contributed by atoms with Crippen LogP contribution in [0.3, 0.4) is 0 Å². The summed E-state index contributed by atoms with van der Waals surface area (Å²) in [6.45, 7) is 5.62. The number of hydrogen-bond acceptors (Lipinski definition) is 4. The summed E-state index contributed by atoms with van der Waals surface area (Å²) < 4.78 is 37.6. The topological polar surface area (TPSA) is 41.0 Å². The van der Waals surface area contributed by atoms with E-state index < -0.39 is 11.9 Å². The molecule has 1 aromatic heterocycles. The number of alkyl halides is 3. The number of nitrogens with zero attached hydrogens (tertiary/aromatic N) is 3. The number of halogens is 3. The highest BCUT2D eigenvalue weighted by Gasteiger charge is 2.33. The summed E-state index contributed by atoms with van der Waals surface area (Å²) in [7, 11) is 0. The molecule has 0 radical (unpaired) electrons. The Morgan fingerprint density at radius 2 is 2.14 bits per heavy atom. The van der Waals surface area contributed by atoms with Crippen LogP contribution in [0.25, 0.3) is 0 Å². The SMILES string of the molecule is CCCN(CC1CCCNC1)c1ccc(C(F)(F)F)nn1. The molecule has 1 aromatic rings. The number of rotatable bonds is 5. The molecule has 0 amide bonds. The van der Waals surface area contributed by atoms with E-state index in [1.807, 2.05) is 11.8 Å². The first kappa shape index (κ1) is 16.0. The zero-order valence-corrected chi connectivity index (χ0v) is 12.2. The van der Waals surface area contributed by atoms with Crippen LogP contribution in [-0.4, -0.2) is 36.4 Å². The van der Waals surface area contributed by atoms with E-state index in [1.165, 1.54) is 6.07 Å². The minimum atomic E-state index is -4.44. The van der Waals surface area contributed by atoms with E-state index >= 15 is 0 Å². The van der Waals surface area contributed by atoms with Crippen LogP contribution in [-0.2, 0) is 6.18 Å². The van der Waals surface area contributed by atoms with Gasteiger partial charge in [-0.3, -0.25) is 0 Å². The Labute approximate surface area is 122 Å². The molecule has 21 heavy (non-hydrogen) atoms. The van der Waals surface area contributed by atoms with E-state index in [9.17, 15) is 13.2 Å². The largest absolute Gasteiger partial charge is 0.435 e. The standard InChI is InChI=1S/C14H21F3N4/c1-2-8-21(10-11-4-3-7-18-9-11)13-6-5-12(19-20-13)14(15,16)17/h5-6,11,18H,2-4,7-10H2,1H3. The zero-order valence-electron chi connectivity index (χ0n) is 12.2. The Morgan fingerprint density at radius 1 is 1.33 bits per heavy atom. The maximum Gasteiger partial charge on any atom is 0.435 e. The van der Waals surface area contributed by atoms with Crippen molar-refractivity contribution in [3.05, 3.63) is 17.8 Å². The van der Waals surface area contributed by atoms with Gasteiger partial charge in [0.25, 0.3) is 0 Å². The van der Waals surface area contributed by atoms with E-state index in [-0.39, 0.29) is 0 Å². The first-order valence-corrected chi connectivity index (χ1v) is 7.37. The van der Waals surface area contributed by atoms with Gasteiger partial charge in [0.05, 0.1) is 0 Å². The molecule has 0 saturated carbocycles. The molecule has 118 valence electrons. The number of piperidine rings is 1. The van der Waals surface area contributed by atoms with Crippen molar-refractivity contribution in [2.75, 3.05) is 31.1 Å². The fourth-order valence-electron chi connectivity index (χ4n) is 2.61. The van der Waals surface area contributed by atoms with Gasteiger partial charge >= 0.3 is 6.18 Å². The average Bonchev–Trinajstić information content (AvgIpc) is 2.47. The van der Waals surface area contributed by atoms with E-state index in [2.05, 4.69) is 15.5 Å². The molecular weight excluding hydrogens is 281 g/mol. The Hall–Kier alpha value is -1.37. The summed E-state index contributed by atoms with van der Waals surface area (Å²) in [4.78, 5) is 2.03. The Morgan fingerprint density at radius 3 is 2.67 bits per heavy atom. The second kappa shape index (κ2) is 7.06. The summed E-state index contributed by atoms with van der Waals surface area (Å²) in [5, 5.41) is 10.4. The van der Waals surface area contributed by atoms with Crippen LogP contribution in [0.5, 0.6) is 0 Å². The van der Waals surface area contributed by atoms with Crippen LogP contribution >= 0.6 is 0 Å². The highest BCUT2D eigenvalue weighted by Crippen LogP contribution is 2.27. The molecule has 0 bridgehead atoms. The Kier molecular flexibility index (Phi) is 5.39. The lowest BCUT2D eigenvalue weighted by Crippen LogP contribution is -2.39. The van der Waals surface area contributed by atoms with E-state index in [4.69, 9.17) is 0 Å². The van der Waals surface area contributed by atoms with Crippen molar-refractivity contribution in [2.45, 2.75) is 32.4 Å². The van der Waals surface area contributed by atoms with Crippen molar-refractivity contribution in [3.8, 4) is 0 Å². The highest BCUT2D eigenvalue weighted by molar-refractivity contribution is 5.37. The van der Waals surface area contributed by atoms with Crippen LogP contribution in [0, 0.1) is 5.92 Å². The molecule has 1 N–H and O–H groups in total. The van der Waals surface area contributed by atoms with Crippen LogP contribution in [0.4, 0.5) is 19.0 Å². The van der Waals surface area contributed by atoms with Crippen molar-refractivity contribution in [3.63, 3.8) is 0 Å². The van der Waals surface area contributed by atoms with Gasteiger partial charge in [-0.25, -0.2) is 0 Å². The second-order valence-electron chi connectivity index (χ2n) is 5.43. The maximum absolute atomic E-state index is 12.5. The monoisotopic (exact) mass is 302 g/mol. The quantitative estimate of drug-likeness (QED) is 0.908. The number of anilines is 1. The molecule has 4 nitrogen and oxygen atoms in total. The molecule has 7 heteroatoms. The molecule has 1 saturated heterocycles. The maximum atomic E-state index is 12.5. The lowest BCUT2D eigenvalue weighted by Gasteiger charge is -2.30. The van der Waals surface area contributed by atoms with Crippen LogP contribution in [0.2, 0.25) is 0 Å². The molecule has 1 unspecified atom stereocenters. The predicted molar refractivity (Wildman–Crippen MR) is 75.1 cm³/mol. The number of aromatic nitrogens is 2. The molecule has 1 fully saturated rings. The van der Waals surface area contributed by atoms with E-state index in [0.29, 0.717) is 11.7 Å². The molecule has 1 aliphatic heterocycles. The lowest BCUT2D eigenvalue weighted by molar-refractivity contribution is -0.141. The first-order valence-electron chi connectivity index (χ1n) is 7.37. The van der Waals surface area contributed by atoms with Gasteiger partial charge in [0.15, 0.2) is 11.5 Å². The molecule has 2 heterocycles. The Balaban J connectivity index is 2.06. The summed E-state index contributed by atoms with van der Waals surface area (Å²) in [5.74, 6) is 1.03. The average molecular weight is 302 g/mol. The molecule has 1 atom stereocenters. The van der Waals surface area contributed by atoms with Crippen molar-refractivity contribution >= 4 is 5.82 Å².